The summed E-state index contributed by atoms with van der Waals surface area (Å²) < 4.78 is 0. The monoisotopic (exact) mass is 265 g/mol. The normalized spacial score (nSPS) is 17.2. The fourth-order valence-corrected chi connectivity index (χ4v) is 2.44. The molecule has 3 N–H and O–H groups in total. The van der Waals surface area contributed by atoms with Gasteiger partial charge in [0, 0.05) is 37.1 Å². The lowest BCUT2D eigenvalue weighted by molar-refractivity contribution is -0.384. The second kappa shape index (κ2) is 5.44. The summed E-state index contributed by atoms with van der Waals surface area (Å²) in [5.74, 6) is 0. The molecule has 0 saturated heterocycles. The molecule has 104 valence electrons. The Morgan fingerprint density at radius 3 is 2.53 bits per heavy atom. The van der Waals surface area contributed by atoms with Crippen molar-refractivity contribution in [3.05, 3.63) is 28.3 Å². The Balaban J connectivity index is 2.10. The Hall–Kier alpha value is -1.82. The second-order valence-electron chi connectivity index (χ2n) is 5.06. The van der Waals surface area contributed by atoms with Gasteiger partial charge in [-0.05, 0) is 18.9 Å². The van der Waals surface area contributed by atoms with Crippen LogP contribution in [0.5, 0.6) is 0 Å². The van der Waals surface area contributed by atoms with Crippen LogP contribution in [0.4, 0.5) is 17.1 Å². The molecule has 0 radical (unpaired) electrons. The standard InChI is InChI=1S/C13H19N3O3/c1-14-10-6-11(8-12(7-10)16(18)19)15-9-13(17)4-2-3-5-13/h6-8,14-15,17H,2-5,9H2,1H3. The zero-order valence-corrected chi connectivity index (χ0v) is 11.0. The van der Waals surface area contributed by atoms with E-state index in [0.717, 1.165) is 25.7 Å². The van der Waals surface area contributed by atoms with E-state index in [0.29, 0.717) is 17.9 Å². The minimum Gasteiger partial charge on any atom is -0.388 e. The zero-order chi connectivity index (χ0) is 13.9. The predicted octanol–water partition coefficient (Wildman–Crippen LogP) is 2.35. The lowest BCUT2D eigenvalue weighted by atomic mass is 10.0. The molecule has 1 saturated carbocycles. The lowest BCUT2D eigenvalue weighted by Crippen LogP contribution is -2.33. The van der Waals surface area contributed by atoms with Gasteiger partial charge in [-0.15, -0.1) is 0 Å². The highest BCUT2D eigenvalue weighted by molar-refractivity contribution is 5.63. The average Bonchev–Trinajstić information content (AvgIpc) is 2.83. The van der Waals surface area contributed by atoms with Crippen LogP contribution in [0.1, 0.15) is 25.7 Å². The molecule has 1 aromatic rings. The smallest absolute Gasteiger partial charge is 0.273 e. The molecule has 0 unspecified atom stereocenters. The van der Waals surface area contributed by atoms with Crippen molar-refractivity contribution in [3.8, 4) is 0 Å². The van der Waals surface area contributed by atoms with E-state index >= 15 is 0 Å². The summed E-state index contributed by atoms with van der Waals surface area (Å²) in [5.41, 5.74) is 0.687. The van der Waals surface area contributed by atoms with E-state index in [4.69, 9.17) is 0 Å². The molecule has 6 nitrogen and oxygen atoms in total. The molecular weight excluding hydrogens is 246 g/mol. The predicted molar refractivity (Wildman–Crippen MR) is 74.6 cm³/mol. The van der Waals surface area contributed by atoms with Crippen molar-refractivity contribution in [1.29, 1.82) is 0 Å². The van der Waals surface area contributed by atoms with Gasteiger partial charge in [-0.2, -0.15) is 0 Å². The van der Waals surface area contributed by atoms with Crippen LogP contribution in [-0.2, 0) is 0 Å². The molecule has 2 rings (SSSR count). The van der Waals surface area contributed by atoms with Crippen molar-refractivity contribution in [2.24, 2.45) is 0 Å². The van der Waals surface area contributed by atoms with Crippen LogP contribution in [0.15, 0.2) is 18.2 Å². The number of non-ortho nitro benzene ring substituents is 1. The molecule has 1 fully saturated rings. The van der Waals surface area contributed by atoms with E-state index in [2.05, 4.69) is 10.6 Å². The third-order valence-electron chi connectivity index (χ3n) is 3.57. The van der Waals surface area contributed by atoms with Crippen molar-refractivity contribution in [3.63, 3.8) is 0 Å². The highest BCUT2D eigenvalue weighted by Crippen LogP contribution is 2.30. The minimum atomic E-state index is -0.676. The van der Waals surface area contributed by atoms with Gasteiger partial charge in [0.2, 0.25) is 0 Å². The Kier molecular flexibility index (Phi) is 3.90. The summed E-state index contributed by atoms with van der Waals surface area (Å²) >= 11 is 0. The maximum absolute atomic E-state index is 10.8. The fourth-order valence-electron chi connectivity index (χ4n) is 2.44. The quantitative estimate of drug-likeness (QED) is 0.562. The van der Waals surface area contributed by atoms with Crippen LogP contribution >= 0.6 is 0 Å². The van der Waals surface area contributed by atoms with Crippen molar-refractivity contribution >= 4 is 17.1 Å². The number of anilines is 2. The minimum absolute atomic E-state index is 0.0350. The molecule has 1 aromatic carbocycles. The van der Waals surface area contributed by atoms with E-state index in [1.165, 1.54) is 12.1 Å². The SMILES string of the molecule is CNc1cc(NCC2(O)CCCC2)cc([N+](=O)[O-])c1. The van der Waals surface area contributed by atoms with Gasteiger partial charge in [0.25, 0.3) is 5.69 Å². The van der Waals surface area contributed by atoms with Crippen LogP contribution in [0.3, 0.4) is 0 Å². The van der Waals surface area contributed by atoms with Gasteiger partial charge < -0.3 is 15.7 Å². The fraction of sp³-hybridized carbons (Fsp3) is 0.538. The van der Waals surface area contributed by atoms with Crippen LogP contribution in [0, 0.1) is 10.1 Å². The second-order valence-corrected chi connectivity index (χ2v) is 5.06. The molecule has 0 bridgehead atoms. The molecule has 0 aliphatic heterocycles. The number of nitrogens with one attached hydrogen (secondary N) is 2. The number of nitro benzene ring substituents is 1. The Labute approximate surface area is 112 Å². The molecule has 1 aliphatic rings. The third-order valence-corrected chi connectivity index (χ3v) is 3.57. The van der Waals surface area contributed by atoms with Crippen LogP contribution in [-0.4, -0.2) is 29.2 Å². The van der Waals surface area contributed by atoms with Crippen LogP contribution in [0.2, 0.25) is 0 Å². The van der Waals surface area contributed by atoms with E-state index in [-0.39, 0.29) is 5.69 Å². The summed E-state index contributed by atoms with van der Waals surface area (Å²) in [6, 6.07) is 4.76. The number of hydrogen-bond donors (Lipinski definition) is 3. The molecular formula is C13H19N3O3. The highest BCUT2D eigenvalue weighted by Gasteiger charge is 2.30. The first kappa shape index (κ1) is 13.6. The highest BCUT2D eigenvalue weighted by atomic mass is 16.6. The van der Waals surface area contributed by atoms with Gasteiger partial charge in [0.15, 0.2) is 0 Å². The lowest BCUT2D eigenvalue weighted by Gasteiger charge is -2.23. The van der Waals surface area contributed by atoms with E-state index in [9.17, 15) is 15.2 Å². The summed E-state index contributed by atoms with van der Waals surface area (Å²) in [7, 11) is 1.72. The first-order valence-electron chi connectivity index (χ1n) is 6.46. The molecule has 0 atom stereocenters. The summed E-state index contributed by atoms with van der Waals surface area (Å²) in [6.45, 7) is 0.428. The van der Waals surface area contributed by atoms with Gasteiger partial charge in [-0.1, -0.05) is 12.8 Å². The molecule has 0 heterocycles. The van der Waals surface area contributed by atoms with Gasteiger partial charge in [-0.3, -0.25) is 10.1 Å². The van der Waals surface area contributed by atoms with Crippen molar-refractivity contribution < 1.29 is 10.0 Å². The van der Waals surface area contributed by atoms with E-state index < -0.39 is 10.5 Å². The number of aliphatic hydroxyl groups is 1. The number of rotatable bonds is 5. The Bertz CT molecular complexity index is 470. The first-order valence-corrected chi connectivity index (χ1v) is 6.46. The topological polar surface area (TPSA) is 87.4 Å². The molecule has 0 spiro atoms. The molecule has 6 heteroatoms. The van der Waals surface area contributed by atoms with Gasteiger partial charge in [0.05, 0.1) is 10.5 Å². The van der Waals surface area contributed by atoms with Gasteiger partial charge in [-0.25, -0.2) is 0 Å². The van der Waals surface area contributed by atoms with Gasteiger partial charge >= 0.3 is 0 Å². The largest absolute Gasteiger partial charge is 0.388 e. The van der Waals surface area contributed by atoms with Crippen molar-refractivity contribution in [1.82, 2.24) is 0 Å². The van der Waals surface area contributed by atoms with Gasteiger partial charge in [0.1, 0.15) is 0 Å². The van der Waals surface area contributed by atoms with Crippen LogP contribution < -0.4 is 10.6 Å². The number of hydrogen-bond acceptors (Lipinski definition) is 5. The third kappa shape index (κ3) is 3.35. The number of nitro groups is 1. The zero-order valence-electron chi connectivity index (χ0n) is 11.0. The number of benzene rings is 1. The summed E-state index contributed by atoms with van der Waals surface area (Å²) in [5, 5.41) is 27.1. The Morgan fingerprint density at radius 1 is 1.32 bits per heavy atom. The molecule has 0 amide bonds. The molecule has 19 heavy (non-hydrogen) atoms. The summed E-state index contributed by atoms with van der Waals surface area (Å²) in [4.78, 5) is 10.4. The maximum Gasteiger partial charge on any atom is 0.273 e. The van der Waals surface area contributed by atoms with Crippen LogP contribution in [0.25, 0.3) is 0 Å². The van der Waals surface area contributed by atoms with Crippen molar-refractivity contribution in [2.75, 3.05) is 24.2 Å². The molecule has 0 aromatic heterocycles. The molecule has 1 aliphatic carbocycles. The van der Waals surface area contributed by atoms with E-state index in [1.54, 1.807) is 13.1 Å². The summed E-state index contributed by atoms with van der Waals surface area (Å²) in [6.07, 6.45) is 3.64. The van der Waals surface area contributed by atoms with E-state index in [1.807, 2.05) is 0 Å². The Morgan fingerprint density at radius 2 is 1.95 bits per heavy atom. The maximum atomic E-state index is 10.8. The van der Waals surface area contributed by atoms with Crippen molar-refractivity contribution in [2.45, 2.75) is 31.3 Å². The number of nitrogens with zero attached hydrogens (tertiary/aromatic N) is 1. The average molecular weight is 265 g/mol. The first-order chi connectivity index (χ1) is 9.02.